The quantitative estimate of drug-likeness (QED) is 0.254. The topological polar surface area (TPSA) is 93.1 Å². The van der Waals surface area contributed by atoms with Crippen LogP contribution in [-0.2, 0) is 16.6 Å². The van der Waals surface area contributed by atoms with E-state index in [1.807, 2.05) is 48.5 Å². The molecule has 39 heavy (non-hydrogen) atoms. The van der Waals surface area contributed by atoms with Crippen LogP contribution in [0.5, 0.6) is 0 Å². The number of hydrogen-bond acceptors (Lipinski definition) is 4. The SMILES string of the molecule is O=C(NCCS(=O)(=O)NCc1ccccc1)c1ccc2c(-c3ccccc3Cl)nn(-c3ccc(F)cc3)c2c1. The first-order valence-electron chi connectivity index (χ1n) is 12.1. The Bertz CT molecular complexity index is 1740. The van der Waals surface area contributed by atoms with Gasteiger partial charge in [0.1, 0.15) is 11.5 Å². The number of sulfonamides is 1. The molecule has 5 rings (SSSR count). The number of nitrogens with one attached hydrogen (secondary N) is 2. The lowest BCUT2D eigenvalue weighted by atomic mass is 10.1. The predicted molar refractivity (Wildman–Crippen MR) is 151 cm³/mol. The summed E-state index contributed by atoms with van der Waals surface area (Å²) in [6.07, 6.45) is 0. The van der Waals surface area contributed by atoms with Crippen LogP contribution in [0.3, 0.4) is 0 Å². The number of nitrogens with zero attached hydrogens (tertiary/aromatic N) is 2. The van der Waals surface area contributed by atoms with Crippen LogP contribution in [0.15, 0.2) is 97.1 Å². The summed E-state index contributed by atoms with van der Waals surface area (Å²) in [5.74, 6) is -1.08. The van der Waals surface area contributed by atoms with Gasteiger partial charge in [-0.3, -0.25) is 4.79 Å². The van der Waals surface area contributed by atoms with Gasteiger partial charge in [0.15, 0.2) is 0 Å². The second-order valence-electron chi connectivity index (χ2n) is 8.83. The third-order valence-corrected chi connectivity index (χ3v) is 7.79. The summed E-state index contributed by atoms with van der Waals surface area (Å²) in [5.41, 5.74) is 3.71. The Balaban J connectivity index is 1.37. The van der Waals surface area contributed by atoms with Gasteiger partial charge in [0, 0.05) is 29.6 Å². The molecule has 0 saturated carbocycles. The highest BCUT2D eigenvalue weighted by Crippen LogP contribution is 2.34. The van der Waals surface area contributed by atoms with Crippen molar-refractivity contribution in [2.45, 2.75) is 6.54 Å². The highest BCUT2D eigenvalue weighted by atomic mass is 35.5. The molecule has 0 radical (unpaired) electrons. The first kappa shape index (κ1) is 26.6. The zero-order chi connectivity index (χ0) is 27.4. The summed E-state index contributed by atoms with van der Waals surface area (Å²) < 4.78 is 42.5. The number of benzene rings is 4. The number of hydrogen-bond donors (Lipinski definition) is 2. The van der Waals surface area contributed by atoms with Gasteiger partial charge in [0.2, 0.25) is 10.0 Å². The van der Waals surface area contributed by atoms with E-state index < -0.39 is 15.9 Å². The van der Waals surface area contributed by atoms with Crippen molar-refractivity contribution in [3.63, 3.8) is 0 Å². The maximum absolute atomic E-state index is 13.6. The molecule has 0 spiro atoms. The minimum atomic E-state index is -3.59. The number of fused-ring (bicyclic) bond motifs is 1. The van der Waals surface area contributed by atoms with Crippen molar-refractivity contribution in [3.8, 4) is 16.9 Å². The average Bonchev–Trinajstić information content (AvgIpc) is 3.32. The zero-order valence-electron chi connectivity index (χ0n) is 20.6. The molecule has 0 unspecified atom stereocenters. The van der Waals surface area contributed by atoms with Crippen LogP contribution in [0.4, 0.5) is 4.39 Å². The molecule has 0 aliphatic rings. The second kappa shape index (κ2) is 11.4. The first-order valence-corrected chi connectivity index (χ1v) is 14.2. The highest BCUT2D eigenvalue weighted by molar-refractivity contribution is 7.89. The number of rotatable bonds is 9. The lowest BCUT2D eigenvalue weighted by Crippen LogP contribution is -2.34. The monoisotopic (exact) mass is 562 g/mol. The van der Waals surface area contributed by atoms with Gasteiger partial charge >= 0.3 is 0 Å². The largest absolute Gasteiger partial charge is 0.351 e. The van der Waals surface area contributed by atoms with Gasteiger partial charge in [-0.1, -0.05) is 60.1 Å². The predicted octanol–water partition coefficient (Wildman–Crippen LogP) is 5.33. The molecule has 0 fully saturated rings. The standard InChI is InChI=1S/C29H24ClFN4O3S/c30-26-9-5-4-8-24(26)28-25-15-10-21(18-27(25)35(34-28)23-13-11-22(31)12-14-23)29(36)32-16-17-39(37,38)33-19-20-6-2-1-3-7-20/h1-15,18,33H,16-17,19H2,(H,32,36). The molecule has 1 amide bonds. The van der Waals surface area contributed by atoms with Crippen molar-refractivity contribution in [1.82, 2.24) is 19.8 Å². The lowest BCUT2D eigenvalue weighted by molar-refractivity contribution is 0.0956. The van der Waals surface area contributed by atoms with E-state index in [0.29, 0.717) is 27.5 Å². The molecule has 1 heterocycles. The molecule has 198 valence electrons. The van der Waals surface area contributed by atoms with Gasteiger partial charge in [-0.15, -0.1) is 0 Å². The van der Waals surface area contributed by atoms with Crippen molar-refractivity contribution < 1.29 is 17.6 Å². The number of aromatic nitrogens is 2. The summed E-state index contributed by atoms with van der Waals surface area (Å²) in [5, 5.41) is 8.69. The van der Waals surface area contributed by atoms with Crippen molar-refractivity contribution in [1.29, 1.82) is 0 Å². The molecule has 0 aliphatic carbocycles. The summed E-state index contributed by atoms with van der Waals surface area (Å²) in [4.78, 5) is 13.0. The first-order chi connectivity index (χ1) is 18.8. The normalized spacial score (nSPS) is 11.5. The molecule has 0 atom stereocenters. The minimum absolute atomic E-state index is 0.0664. The van der Waals surface area contributed by atoms with Crippen LogP contribution in [0, 0.1) is 5.82 Å². The maximum Gasteiger partial charge on any atom is 0.251 e. The van der Waals surface area contributed by atoms with E-state index in [1.165, 1.54) is 12.1 Å². The van der Waals surface area contributed by atoms with Crippen LogP contribution in [0.25, 0.3) is 27.8 Å². The van der Waals surface area contributed by atoms with E-state index in [4.69, 9.17) is 16.7 Å². The Morgan fingerprint density at radius 3 is 2.38 bits per heavy atom. The smallest absolute Gasteiger partial charge is 0.251 e. The Kier molecular flexibility index (Phi) is 7.74. The van der Waals surface area contributed by atoms with Crippen LogP contribution < -0.4 is 10.0 Å². The van der Waals surface area contributed by atoms with E-state index in [-0.39, 0.29) is 24.7 Å². The molecule has 4 aromatic carbocycles. The third kappa shape index (κ3) is 6.17. The molecular weight excluding hydrogens is 539 g/mol. The summed E-state index contributed by atoms with van der Waals surface area (Å²) in [7, 11) is -3.59. The van der Waals surface area contributed by atoms with E-state index in [0.717, 1.165) is 16.5 Å². The summed E-state index contributed by atoms with van der Waals surface area (Å²) >= 11 is 6.45. The molecule has 1 aromatic heterocycles. The van der Waals surface area contributed by atoms with E-state index in [1.54, 1.807) is 41.1 Å². The number of amides is 1. The molecule has 7 nitrogen and oxygen atoms in total. The Labute approximate surface area is 230 Å². The molecule has 5 aromatic rings. The van der Waals surface area contributed by atoms with Crippen LogP contribution in [-0.4, -0.2) is 36.4 Å². The molecule has 10 heteroatoms. The van der Waals surface area contributed by atoms with Crippen molar-refractivity contribution in [2.24, 2.45) is 0 Å². The maximum atomic E-state index is 13.6. The molecular formula is C29H24ClFN4O3S. The number of halogens is 2. The fourth-order valence-electron chi connectivity index (χ4n) is 4.15. The fraction of sp³-hybridized carbons (Fsp3) is 0.103. The third-order valence-electron chi connectivity index (χ3n) is 6.14. The van der Waals surface area contributed by atoms with Crippen LogP contribution in [0.1, 0.15) is 15.9 Å². The minimum Gasteiger partial charge on any atom is -0.351 e. The van der Waals surface area contributed by atoms with E-state index >= 15 is 0 Å². The summed E-state index contributed by atoms with van der Waals surface area (Å²) in [6, 6.07) is 27.4. The van der Waals surface area contributed by atoms with Gasteiger partial charge < -0.3 is 5.32 Å². The van der Waals surface area contributed by atoms with E-state index in [2.05, 4.69) is 10.0 Å². The van der Waals surface area contributed by atoms with Crippen LogP contribution >= 0.6 is 11.6 Å². The number of carbonyl (C=O) groups is 1. The Hall–Kier alpha value is -4.05. The van der Waals surface area contributed by atoms with Gasteiger partial charge in [-0.05, 0) is 54.1 Å². The average molecular weight is 563 g/mol. The molecule has 0 saturated heterocycles. The van der Waals surface area contributed by atoms with Crippen LogP contribution in [0.2, 0.25) is 5.02 Å². The number of carbonyl (C=O) groups excluding carboxylic acids is 1. The lowest BCUT2D eigenvalue weighted by Gasteiger charge is -2.09. The molecule has 0 bridgehead atoms. The van der Waals surface area contributed by atoms with E-state index in [9.17, 15) is 17.6 Å². The molecule has 0 aliphatic heterocycles. The van der Waals surface area contributed by atoms with Crippen molar-refractivity contribution in [2.75, 3.05) is 12.3 Å². The second-order valence-corrected chi connectivity index (χ2v) is 11.2. The summed E-state index contributed by atoms with van der Waals surface area (Å²) in [6.45, 7) is 0.109. The fourth-order valence-corrected chi connectivity index (χ4v) is 5.28. The van der Waals surface area contributed by atoms with Gasteiger partial charge in [0.25, 0.3) is 5.91 Å². The van der Waals surface area contributed by atoms with Gasteiger partial charge in [-0.25, -0.2) is 22.2 Å². The Morgan fingerprint density at radius 2 is 1.64 bits per heavy atom. The highest BCUT2D eigenvalue weighted by Gasteiger charge is 2.18. The zero-order valence-corrected chi connectivity index (χ0v) is 22.2. The molecule has 2 N–H and O–H groups in total. The van der Waals surface area contributed by atoms with Gasteiger partial charge in [-0.2, -0.15) is 5.10 Å². The Morgan fingerprint density at radius 1 is 0.923 bits per heavy atom. The van der Waals surface area contributed by atoms with Gasteiger partial charge in [0.05, 0.1) is 22.0 Å². The van der Waals surface area contributed by atoms with Crippen molar-refractivity contribution in [3.05, 3.63) is 119 Å². The van der Waals surface area contributed by atoms with Crippen molar-refractivity contribution >= 4 is 38.4 Å².